The van der Waals surface area contributed by atoms with Crippen molar-refractivity contribution in [2.75, 3.05) is 25.4 Å². The third-order valence-electron chi connectivity index (χ3n) is 5.19. The number of ketones is 1. The van der Waals surface area contributed by atoms with E-state index in [4.69, 9.17) is 0 Å². The van der Waals surface area contributed by atoms with Crippen LogP contribution in [-0.4, -0.2) is 55.8 Å². The van der Waals surface area contributed by atoms with E-state index >= 15 is 0 Å². The molecule has 2 N–H and O–H groups in total. The first-order valence-electron chi connectivity index (χ1n) is 10.3. The van der Waals surface area contributed by atoms with Gasteiger partial charge in [0.25, 0.3) is 5.56 Å². The Balaban J connectivity index is 1.85. The van der Waals surface area contributed by atoms with Crippen LogP contribution in [0.25, 0.3) is 10.9 Å². The van der Waals surface area contributed by atoms with Gasteiger partial charge >= 0.3 is 0 Å². The molecular weight excluding hydrogens is 414 g/mol. The number of hydrogen-bond acceptors (Lipinski definition) is 7. The molecule has 3 aromatic rings. The lowest BCUT2D eigenvalue weighted by Gasteiger charge is -2.19. The zero-order valence-electron chi connectivity index (χ0n) is 17.7. The summed E-state index contributed by atoms with van der Waals surface area (Å²) in [4.78, 5) is 32.6. The van der Waals surface area contributed by atoms with Gasteiger partial charge < -0.3 is 15.1 Å². The van der Waals surface area contributed by atoms with Gasteiger partial charge in [0.1, 0.15) is 11.5 Å². The van der Waals surface area contributed by atoms with Crippen LogP contribution in [0.4, 0.5) is 0 Å². The second-order valence-electron chi connectivity index (χ2n) is 7.16. The predicted octanol–water partition coefficient (Wildman–Crippen LogP) is 3.51. The van der Waals surface area contributed by atoms with E-state index in [0.29, 0.717) is 22.6 Å². The van der Waals surface area contributed by atoms with Crippen molar-refractivity contribution in [1.29, 1.82) is 0 Å². The number of fused-ring (bicyclic) bond motifs is 1. The number of hydrogen-bond donors (Lipinski definition) is 2. The maximum absolute atomic E-state index is 13.1. The number of aromatic hydroxyl groups is 2. The number of benzene rings is 2. The van der Waals surface area contributed by atoms with Crippen LogP contribution >= 0.6 is 11.8 Å². The monoisotopic (exact) mass is 441 g/mol. The van der Waals surface area contributed by atoms with Gasteiger partial charge in [-0.15, -0.1) is 0 Å². The van der Waals surface area contributed by atoms with Crippen molar-refractivity contribution >= 4 is 28.4 Å². The minimum Gasteiger partial charge on any atom is -0.508 e. The molecule has 31 heavy (non-hydrogen) atoms. The van der Waals surface area contributed by atoms with Crippen LogP contribution in [0.2, 0.25) is 0 Å². The van der Waals surface area contributed by atoms with Crippen LogP contribution in [0, 0.1) is 0 Å². The molecule has 0 saturated heterocycles. The summed E-state index contributed by atoms with van der Waals surface area (Å²) in [6.07, 6.45) is 0.794. The number of thioether (sulfide) groups is 1. The molecule has 0 aliphatic heterocycles. The number of nitrogens with zero attached hydrogens (tertiary/aromatic N) is 3. The van der Waals surface area contributed by atoms with Gasteiger partial charge in [-0.3, -0.25) is 14.2 Å². The third kappa shape index (κ3) is 5.45. The topological polar surface area (TPSA) is 95.7 Å². The van der Waals surface area contributed by atoms with Gasteiger partial charge in [-0.2, -0.15) is 0 Å². The van der Waals surface area contributed by atoms with Crippen molar-refractivity contribution in [2.45, 2.75) is 32.0 Å². The van der Waals surface area contributed by atoms with Gasteiger partial charge in [-0.1, -0.05) is 37.7 Å². The summed E-state index contributed by atoms with van der Waals surface area (Å²) in [5.41, 5.74) is 0.601. The first-order valence-corrected chi connectivity index (χ1v) is 11.3. The second kappa shape index (κ2) is 10.5. The Kier molecular flexibility index (Phi) is 7.70. The number of para-hydroxylation sites is 1. The van der Waals surface area contributed by atoms with Gasteiger partial charge in [-0.25, -0.2) is 4.98 Å². The Morgan fingerprint density at radius 3 is 2.58 bits per heavy atom. The summed E-state index contributed by atoms with van der Waals surface area (Å²) in [6.45, 7) is 7.50. The molecule has 2 aromatic carbocycles. The highest BCUT2D eigenvalue weighted by molar-refractivity contribution is 7.99. The normalized spacial score (nSPS) is 11.3. The molecule has 0 aliphatic carbocycles. The van der Waals surface area contributed by atoms with Crippen LogP contribution in [0.1, 0.15) is 30.6 Å². The fraction of sp³-hybridized carbons (Fsp3) is 0.348. The summed E-state index contributed by atoms with van der Waals surface area (Å²) >= 11 is 1.18. The smallest absolute Gasteiger partial charge is 0.262 e. The molecule has 0 amide bonds. The minimum atomic E-state index is -0.306. The van der Waals surface area contributed by atoms with Gasteiger partial charge in [0.2, 0.25) is 0 Å². The maximum Gasteiger partial charge on any atom is 0.262 e. The van der Waals surface area contributed by atoms with Gasteiger partial charge in [0.15, 0.2) is 10.9 Å². The summed E-state index contributed by atoms with van der Waals surface area (Å²) in [5, 5.41) is 20.4. The van der Waals surface area contributed by atoms with Crippen molar-refractivity contribution in [2.24, 2.45) is 0 Å². The SMILES string of the molecule is CCN(CC)CCCn1c(SCC(=O)c2ccc(O)cc2O)nc2ccccc2c1=O. The van der Waals surface area contributed by atoms with Gasteiger partial charge in [0, 0.05) is 12.6 Å². The Hall–Kier alpha value is -2.84. The van der Waals surface area contributed by atoms with Crippen LogP contribution in [0.3, 0.4) is 0 Å². The molecule has 164 valence electrons. The Labute approximate surface area is 185 Å². The lowest BCUT2D eigenvalue weighted by atomic mass is 10.1. The Morgan fingerprint density at radius 2 is 1.87 bits per heavy atom. The van der Waals surface area contributed by atoms with Crippen molar-refractivity contribution in [3.8, 4) is 11.5 Å². The summed E-state index contributed by atoms with van der Waals surface area (Å²) in [6, 6.07) is 11.1. The van der Waals surface area contributed by atoms with E-state index in [1.165, 1.54) is 23.9 Å². The molecule has 1 heterocycles. The molecule has 0 bridgehead atoms. The number of rotatable bonds is 10. The molecular formula is C23H27N3O4S. The number of aromatic nitrogens is 2. The van der Waals surface area contributed by atoms with Crippen LogP contribution in [0.5, 0.6) is 11.5 Å². The van der Waals surface area contributed by atoms with E-state index in [1.807, 2.05) is 12.1 Å². The molecule has 0 atom stereocenters. The maximum atomic E-state index is 13.1. The average molecular weight is 442 g/mol. The zero-order chi connectivity index (χ0) is 22.4. The van der Waals surface area contributed by atoms with Crippen molar-refractivity contribution in [1.82, 2.24) is 14.5 Å². The number of carbonyl (C=O) groups excluding carboxylic acids is 1. The van der Waals surface area contributed by atoms with E-state index in [2.05, 4.69) is 23.7 Å². The van der Waals surface area contributed by atoms with Crippen molar-refractivity contribution in [3.05, 3.63) is 58.4 Å². The highest BCUT2D eigenvalue weighted by atomic mass is 32.2. The van der Waals surface area contributed by atoms with E-state index < -0.39 is 0 Å². The standard InChI is InChI=1S/C23H27N3O4S/c1-3-25(4-2)12-7-13-26-22(30)17-8-5-6-9-19(17)24-23(26)31-15-21(29)18-11-10-16(27)14-20(18)28/h5-6,8-11,14,27-28H,3-4,7,12-13,15H2,1-2H3. The molecule has 1 aromatic heterocycles. The fourth-order valence-corrected chi connectivity index (χ4v) is 4.32. The van der Waals surface area contributed by atoms with Crippen LogP contribution in [0.15, 0.2) is 52.4 Å². The summed E-state index contributed by atoms with van der Waals surface area (Å²) < 4.78 is 1.64. The lowest BCUT2D eigenvalue weighted by Crippen LogP contribution is -2.28. The Morgan fingerprint density at radius 1 is 1.13 bits per heavy atom. The number of phenolic OH excluding ortho intramolecular Hbond substituents is 2. The van der Waals surface area contributed by atoms with Gasteiger partial charge in [-0.05, 0) is 50.3 Å². The molecule has 8 heteroatoms. The second-order valence-corrected chi connectivity index (χ2v) is 8.10. The van der Waals surface area contributed by atoms with E-state index in [1.54, 1.807) is 16.7 Å². The number of phenols is 2. The quantitative estimate of drug-likeness (QED) is 0.282. The Bertz CT molecular complexity index is 1130. The summed E-state index contributed by atoms with van der Waals surface area (Å²) in [5.74, 6) is -0.674. The summed E-state index contributed by atoms with van der Waals surface area (Å²) in [7, 11) is 0. The van der Waals surface area contributed by atoms with Crippen molar-refractivity contribution < 1.29 is 15.0 Å². The molecule has 0 fully saturated rings. The first kappa shape index (κ1) is 22.8. The highest BCUT2D eigenvalue weighted by Gasteiger charge is 2.16. The van der Waals surface area contributed by atoms with E-state index in [0.717, 1.165) is 32.1 Å². The molecule has 7 nitrogen and oxygen atoms in total. The zero-order valence-corrected chi connectivity index (χ0v) is 18.6. The molecule has 0 spiro atoms. The fourth-order valence-electron chi connectivity index (χ4n) is 3.41. The molecule has 0 radical (unpaired) electrons. The molecule has 3 rings (SSSR count). The number of carbonyl (C=O) groups is 1. The van der Waals surface area contributed by atoms with Crippen LogP contribution in [-0.2, 0) is 6.54 Å². The predicted molar refractivity (Wildman–Crippen MR) is 123 cm³/mol. The van der Waals surface area contributed by atoms with Crippen LogP contribution < -0.4 is 5.56 Å². The molecule has 0 unspecified atom stereocenters. The molecule has 0 saturated carbocycles. The number of Topliss-reactive ketones (excluding diaryl/α,β-unsaturated/α-hetero) is 1. The lowest BCUT2D eigenvalue weighted by molar-refractivity contribution is 0.102. The minimum absolute atomic E-state index is 0.0131. The third-order valence-corrected chi connectivity index (χ3v) is 6.17. The highest BCUT2D eigenvalue weighted by Crippen LogP contribution is 2.26. The van der Waals surface area contributed by atoms with Gasteiger partial charge in [0.05, 0.1) is 22.2 Å². The van der Waals surface area contributed by atoms with E-state index in [-0.39, 0.29) is 34.2 Å². The average Bonchev–Trinajstić information content (AvgIpc) is 2.76. The largest absolute Gasteiger partial charge is 0.508 e. The van der Waals surface area contributed by atoms with Crippen molar-refractivity contribution in [3.63, 3.8) is 0 Å². The first-order chi connectivity index (χ1) is 14.9. The molecule has 0 aliphatic rings. The van der Waals surface area contributed by atoms with E-state index in [9.17, 15) is 19.8 Å².